The quantitative estimate of drug-likeness (QED) is 0.402. The van der Waals surface area contributed by atoms with Crippen molar-refractivity contribution in [3.05, 3.63) is 33.3 Å². The van der Waals surface area contributed by atoms with Crippen LogP contribution in [-0.2, 0) is 14.3 Å². The summed E-state index contributed by atoms with van der Waals surface area (Å²) in [6.45, 7) is 13.5. The number of hydrogen-bond donors (Lipinski definition) is 1. The lowest BCUT2D eigenvalue weighted by Gasteiger charge is -2.31. The fourth-order valence-corrected chi connectivity index (χ4v) is 5.53. The van der Waals surface area contributed by atoms with Gasteiger partial charge >= 0.3 is 5.97 Å². The highest BCUT2D eigenvalue weighted by Gasteiger charge is 2.37. The molecule has 1 aromatic rings. The average Bonchev–Trinajstić information content (AvgIpc) is 3.17. The Morgan fingerprint density at radius 3 is 2.61 bits per heavy atom. The van der Waals surface area contributed by atoms with E-state index in [1.54, 1.807) is 18.3 Å². The Morgan fingerprint density at radius 2 is 1.97 bits per heavy atom. The molecule has 1 aromatic heterocycles. The second-order valence-corrected chi connectivity index (χ2v) is 12.4. The van der Waals surface area contributed by atoms with Gasteiger partial charge in [0.05, 0.1) is 27.3 Å². The molecule has 0 fully saturated rings. The molecular weight excluding hydrogens is 454 g/mol. The molecular formula is C26H39NO4S2. The first-order valence-corrected chi connectivity index (χ1v) is 13.6. The maximum absolute atomic E-state index is 13.1. The Balaban J connectivity index is 2.27. The van der Waals surface area contributed by atoms with E-state index in [2.05, 4.69) is 18.0 Å². The van der Waals surface area contributed by atoms with Crippen LogP contribution in [0.25, 0.3) is 6.08 Å². The van der Waals surface area contributed by atoms with E-state index in [-0.39, 0.29) is 29.5 Å². The standard InChI is InChI=1S/C26H39NO4S2/c1-16-9-8-10-17(2)24(29)19(4)25(30)26(6,7)33-15-23(28)31-22(12-11-16)18(3)13-21-14-32-20(5)27-21/h11,13-14,17,19,22,24,29H,8-10,12,15H2,1-7H3/b16-11-,18-13+/t17-,19+,22?,24+/m0/s1. The van der Waals surface area contributed by atoms with Crippen molar-refractivity contribution >= 4 is 40.9 Å². The normalized spacial score (nSPS) is 30.4. The number of thioether (sulfide) groups is 1. The van der Waals surface area contributed by atoms with E-state index in [4.69, 9.17) is 4.74 Å². The number of ether oxygens (including phenoxy) is 1. The van der Waals surface area contributed by atoms with Gasteiger partial charge in [0.1, 0.15) is 6.10 Å². The lowest BCUT2D eigenvalue weighted by molar-refractivity contribution is -0.143. The fraction of sp³-hybridized carbons (Fsp3) is 0.654. The number of allylic oxidation sites excluding steroid dienone is 1. The predicted octanol–water partition coefficient (Wildman–Crippen LogP) is 6.00. The van der Waals surface area contributed by atoms with Crippen LogP contribution in [0.3, 0.4) is 0 Å². The summed E-state index contributed by atoms with van der Waals surface area (Å²) in [5.74, 6) is -0.737. The zero-order chi connectivity index (χ0) is 24.8. The van der Waals surface area contributed by atoms with Crippen molar-refractivity contribution in [3.8, 4) is 0 Å². The van der Waals surface area contributed by atoms with Crippen molar-refractivity contribution in [1.29, 1.82) is 0 Å². The number of aliphatic hydroxyl groups excluding tert-OH is 1. The molecule has 33 heavy (non-hydrogen) atoms. The van der Waals surface area contributed by atoms with Gasteiger partial charge < -0.3 is 9.84 Å². The molecule has 7 heteroatoms. The first kappa shape index (κ1) is 27.8. The number of thiazole rings is 1. The summed E-state index contributed by atoms with van der Waals surface area (Å²) in [5.41, 5.74) is 3.06. The highest BCUT2D eigenvalue weighted by Crippen LogP contribution is 2.32. The number of Topliss-reactive ketones (excluding diaryl/α,β-unsaturated/α-hetero) is 1. The average molecular weight is 494 g/mol. The van der Waals surface area contributed by atoms with Gasteiger partial charge in [-0.2, -0.15) is 0 Å². The summed E-state index contributed by atoms with van der Waals surface area (Å²) in [4.78, 5) is 30.3. The number of nitrogens with zero attached hydrogens (tertiary/aromatic N) is 1. The molecule has 1 aliphatic heterocycles. The molecule has 1 unspecified atom stereocenters. The first-order chi connectivity index (χ1) is 15.4. The number of aryl methyl sites for hydroxylation is 1. The molecule has 0 saturated heterocycles. The summed E-state index contributed by atoms with van der Waals surface area (Å²) in [5, 5.41) is 13.7. The Bertz CT molecular complexity index is 887. The number of rotatable bonds is 2. The lowest BCUT2D eigenvalue weighted by Crippen LogP contribution is -2.41. The van der Waals surface area contributed by atoms with Crippen molar-refractivity contribution in [2.45, 2.75) is 91.1 Å². The number of esters is 1. The van der Waals surface area contributed by atoms with Gasteiger partial charge in [0, 0.05) is 17.7 Å². The number of aromatic nitrogens is 1. The van der Waals surface area contributed by atoms with Crippen LogP contribution >= 0.6 is 23.1 Å². The largest absolute Gasteiger partial charge is 0.457 e. The van der Waals surface area contributed by atoms with Crippen LogP contribution in [0.1, 0.15) is 77.9 Å². The van der Waals surface area contributed by atoms with E-state index in [0.717, 1.165) is 35.5 Å². The number of cyclic esters (lactones) is 1. The topological polar surface area (TPSA) is 76.5 Å². The molecule has 0 spiro atoms. The molecule has 0 aliphatic carbocycles. The SMILES string of the molecule is C/C1=C/CC(/C(C)=C/c2csc(C)n2)OC(=O)CSC(C)(C)C(=O)[C@H](C)[C@H](O)[C@@H](C)CCC1. The number of carbonyl (C=O) groups is 2. The van der Waals surface area contributed by atoms with Gasteiger partial charge in [-0.25, -0.2) is 4.98 Å². The summed E-state index contributed by atoms with van der Waals surface area (Å²) in [7, 11) is 0. The van der Waals surface area contributed by atoms with E-state index >= 15 is 0 Å². The van der Waals surface area contributed by atoms with Gasteiger partial charge in [0.15, 0.2) is 5.78 Å². The highest BCUT2D eigenvalue weighted by molar-refractivity contribution is 8.02. The van der Waals surface area contributed by atoms with Crippen molar-refractivity contribution in [3.63, 3.8) is 0 Å². The molecule has 0 aromatic carbocycles. The number of carbonyl (C=O) groups excluding carboxylic acids is 2. The zero-order valence-electron chi connectivity index (χ0n) is 21.0. The monoisotopic (exact) mass is 493 g/mol. The van der Waals surface area contributed by atoms with E-state index in [1.807, 2.05) is 46.1 Å². The highest BCUT2D eigenvalue weighted by atomic mass is 32.2. The minimum atomic E-state index is -0.787. The Hall–Kier alpha value is -1.44. The summed E-state index contributed by atoms with van der Waals surface area (Å²) < 4.78 is 5.09. The number of aliphatic hydroxyl groups is 1. The van der Waals surface area contributed by atoms with Crippen LogP contribution in [-0.4, -0.2) is 44.6 Å². The Labute approximate surface area is 207 Å². The van der Waals surface area contributed by atoms with Crippen molar-refractivity contribution in [1.82, 2.24) is 4.98 Å². The second-order valence-electron chi connectivity index (χ2n) is 9.76. The third kappa shape index (κ3) is 8.37. The van der Waals surface area contributed by atoms with Crippen LogP contribution in [0, 0.1) is 18.8 Å². The molecule has 0 bridgehead atoms. The van der Waals surface area contributed by atoms with Crippen molar-refractivity contribution < 1.29 is 19.4 Å². The summed E-state index contributed by atoms with van der Waals surface area (Å²) >= 11 is 2.87. The van der Waals surface area contributed by atoms with E-state index in [9.17, 15) is 14.7 Å². The van der Waals surface area contributed by atoms with Crippen LogP contribution in [0.5, 0.6) is 0 Å². The molecule has 0 radical (unpaired) electrons. The molecule has 2 rings (SSSR count). The van der Waals surface area contributed by atoms with Gasteiger partial charge in [0.2, 0.25) is 0 Å². The smallest absolute Gasteiger partial charge is 0.316 e. The Morgan fingerprint density at radius 1 is 1.27 bits per heavy atom. The molecule has 184 valence electrons. The van der Waals surface area contributed by atoms with E-state index < -0.39 is 16.8 Å². The maximum Gasteiger partial charge on any atom is 0.316 e. The van der Waals surface area contributed by atoms with Gasteiger partial charge in [-0.15, -0.1) is 23.1 Å². The van der Waals surface area contributed by atoms with Gasteiger partial charge in [-0.3, -0.25) is 9.59 Å². The van der Waals surface area contributed by atoms with Crippen LogP contribution in [0.15, 0.2) is 22.6 Å². The van der Waals surface area contributed by atoms with Gasteiger partial charge in [-0.1, -0.05) is 25.5 Å². The van der Waals surface area contributed by atoms with Gasteiger partial charge in [-0.05, 0) is 71.4 Å². The molecule has 0 saturated carbocycles. The van der Waals surface area contributed by atoms with Gasteiger partial charge in [0.25, 0.3) is 0 Å². The maximum atomic E-state index is 13.1. The number of hydrogen-bond acceptors (Lipinski definition) is 7. The zero-order valence-corrected chi connectivity index (χ0v) is 22.6. The van der Waals surface area contributed by atoms with Crippen molar-refractivity contribution in [2.24, 2.45) is 11.8 Å². The fourth-order valence-electron chi connectivity index (χ4n) is 4.08. The predicted molar refractivity (Wildman–Crippen MR) is 138 cm³/mol. The molecule has 1 N–H and O–H groups in total. The molecule has 1 aliphatic rings. The molecule has 2 heterocycles. The van der Waals surface area contributed by atoms with Crippen LogP contribution in [0.4, 0.5) is 0 Å². The molecule has 5 nitrogen and oxygen atoms in total. The minimum Gasteiger partial charge on any atom is -0.457 e. The van der Waals surface area contributed by atoms with Crippen molar-refractivity contribution in [2.75, 3.05) is 5.75 Å². The van der Waals surface area contributed by atoms with Crippen LogP contribution in [0.2, 0.25) is 0 Å². The number of ketones is 1. The lowest BCUT2D eigenvalue weighted by atomic mass is 9.83. The summed E-state index contributed by atoms with van der Waals surface area (Å²) in [6, 6.07) is 0. The summed E-state index contributed by atoms with van der Waals surface area (Å²) in [6.07, 6.45) is 6.39. The Kier molecular flexibility index (Phi) is 10.4. The third-order valence-electron chi connectivity index (χ3n) is 6.36. The third-order valence-corrected chi connectivity index (χ3v) is 8.45. The molecule has 4 atom stereocenters. The second kappa shape index (κ2) is 12.3. The minimum absolute atomic E-state index is 0.0330. The molecule has 0 amide bonds. The first-order valence-electron chi connectivity index (χ1n) is 11.7. The van der Waals surface area contributed by atoms with E-state index in [0.29, 0.717) is 6.42 Å². The van der Waals surface area contributed by atoms with Crippen LogP contribution < -0.4 is 0 Å². The van der Waals surface area contributed by atoms with E-state index in [1.165, 1.54) is 17.3 Å².